The van der Waals surface area contributed by atoms with Gasteiger partial charge in [-0.2, -0.15) is 0 Å². The maximum Gasteiger partial charge on any atom is 0.336 e. The van der Waals surface area contributed by atoms with Gasteiger partial charge in [-0.3, -0.25) is 0 Å². The number of carboxylic acids is 1. The molecule has 0 spiro atoms. The van der Waals surface area contributed by atoms with Crippen LogP contribution in [0.1, 0.15) is 10.4 Å². The summed E-state index contributed by atoms with van der Waals surface area (Å²) in [6.07, 6.45) is 0. The molecule has 1 N–H and O–H groups in total. The number of rotatable bonds is 2. The molecular formula is C13H6BrCl3O2. The van der Waals surface area contributed by atoms with Crippen molar-refractivity contribution in [3.8, 4) is 11.1 Å². The molecule has 2 nitrogen and oxygen atoms in total. The van der Waals surface area contributed by atoms with Gasteiger partial charge in [-0.05, 0) is 29.8 Å². The van der Waals surface area contributed by atoms with E-state index in [4.69, 9.17) is 34.8 Å². The van der Waals surface area contributed by atoms with Crippen molar-refractivity contribution in [1.82, 2.24) is 0 Å². The Morgan fingerprint density at radius 1 is 1.05 bits per heavy atom. The van der Waals surface area contributed by atoms with E-state index in [9.17, 15) is 9.90 Å². The Hall–Kier alpha value is -0.740. The van der Waals surface area contributed by atoms with Crippen molar-refractivity contribution in [2.75, 3.05) is 0 Å². The summed E-state index contributed by atoms with van der Waals surface area (Å²) >= 11 is 21.3. The zero-order chi connectivity index (χ0) is 14.2. The first-order valence-corrected chi connectivity index (χ1v) is 7.00. The predicted molar refractivity (Wildman–Crippen MR) is 81.6 cm³/mol. The molecule has 0 bridgehead atoms. The second-order valence-electron chi connectivity index (χ2n) is 3.74. The highest BCUT2D eigenvalue weighted by Gasteiger charge is 2.17. The molecule has 0 aliphatic rings. The summed E-state index contributed by atoms with van der Waals surface area (Å²) in [4.78, 5) is 11.3. The van der Waals surface area contributed by atoms with Crippen molar-refractivity contribution in [2.45, 2.75) is 0 Å². The highest BCUT2D eigenvalue weighted by Crippen LogP contribution is 2.39. The highest BCUT2D eigenvalue weighted by molar-refractivity contribution is 9.10. The number of carboxylic acid groups (broad SMARTS) is 1. The van der Waals surface area contributed by atoms with Crippen LogP contribution in [0.5, 0.6) is 0 Å². The number of hydrogen-bond donors (Lipinski definition) is 1. The fourth-order valence-electron chi connectivity index (χ4n) is 1.71. The van der Waals surface area contributed by atoms with Gasteiger partial charge in [0.05, 0.1) is 15.6 Å². The molecule has 0 amide bonds. The third-order valence-electron chi connectivity index (χ3n) is 2.49. The molecule has 0 aliphatic heterocycles. The van der Waals surface area contributed by atoms with Crippen LogP contribution in [-0.2, 0) is 0 Å². The highest BCUT2D eigenvalue weighted by atomic mass is 79.9. The lowest BCUT2D eigenvalue weighted by Crippen LogP contribution is -2.00. The van der Waals surface area contributed by atoms with Crippen LogP contribution in [0.3, 0.4) is 0 Å². The zero-order valence-electron chi connectivity index (χ0n) is 9.25. The van der Waals surface area contributed by atoms with Crippen molar-refractivity contribution in [3.05, 3.63) is 55.4 Å². The standard InChI is InChI=1S/C13H6BrCl3O2/c14-6-1-2-8(9(3-6)13(18)19)12-10(16)4-7(15)5-11(12)17/h1-5H,(H,18,19). The van der Waals surface area contributed by atoms with E-state index in [0.29, 0.717) is 30.7 Å². The van der Waals surface area contributed by atoms with E-state index in [1.807, 2.05) is 0 Å². The van der Waals surface area contributed by atoms with Gasteiger partial charge in [0, 0.05) is 15.1 Å². The van der Waals surface area contributed by atoms with Crippen molar-refractivity contribution >= 4 is 56.7 Å². The molecular weight excluding hydrogens is 374 g/mol. The van der Waals surface area contributed by atoms with E-state index in [1.165, 1.54) is 18.2 Å². The SMILES string of the molecule is O=C(O)c1cc(Br)ccc1-c1c(Cl)cc(Cl)cc1Cl. The number of benzene rings is 2. The predicted octanol–water partition coefficient (Wildman–Crippen LogP) is 5.77. The third-order valence-corrected chi connectivity index (χ3v) is 3.80. The molecule has 2 aromatic rings. The van der Waals surface area contributed by atoms with E-state index < -0.39 is 5.97 Å². The minimum atomic E-state index is -1.06. The normalized spacial score (nSPS) is 10.5. The van der Waals surface area contributed by atoms with Crippen LogP contribution in [0.2, 0.25) is 15.1 Å². The Kier molecular flexibility index (Phi) is 4.41. The van der Waals surface area contributed by atoms with Crippen LogP contribution in [0, 0.1) is 0 Å². The largest absolute Gasteiger partial charge is 0.478 e. The van der Waals surface area contributed by atoms with Gasteiger partial charge in [0.15, 0.2) is 0 Å². The summed E-state index contributed by atoms with van der Waals surface area (Å²) in [5.41, 5.74) is 1.01. The van der Waals surface area contributed by atoms with Gasteiger partial charge in [0.2, 0.25) is 0 Å². The number of aromatic carboxylic acids is 1. The van der Waals surface area contributed by atoms with Crippen LogP contribution in [0.15, 0.2) is 34.8 Å². The Morgan fingerprint density at radius 3 is 2.16 bits per heavy atom. The number of carbonyl (C=O) groups is 1. The molecule has 0 radical (unpaired) electrons. The topological polar surface area (TPSA) is 37.3 Å². The molecule has 0 aliphatic carbocycles. The molecule has 0 saturated heterocycles. The molecule has 0 aromatic heterocycles. The molecule has 0 unspecified atom stereocenters. The quantitative estimate of drug-likeness (QED) is 0.718. The van der Waals surface area contributed by atoms with Crippen LogP contribution in [0.4, 0.5) is 0 Å². The minimum absolute atomic E-state index is 0.112. The lowest BCUT2D eigenvalue weighted by molar-refractivity contribution is 0.0697. The molecule has 0 atom stereocenters. The van der Waals surface area contributed by atoms with E-state index >= 15 is 0 Å². The fourth-order valence-corrected chi connectivity index (χ4v) is 3.09. The van der Waals surface area contributed by atoms with Crippen molar-refractivity contribution in [3.63, 3.8) is 0 Å². The summed E-state index contributed by atoms with van der Waals surface area (Å²) in [6.45, 7) is 0. The molecule has 19 heavy (non-hydrogen) atoms. The maximum absolute atomic E-state index is 11.3. The van der Waals surface area contributed by atoms with Crippen LogP contribution in [0.25, 0.3) is 11.1 Å². The van der Waals surface area contributed by atoms with Crippen molar-refractivity contribution in [2.24, 2.45) is 0 Å². The van der Waals surface area contributed by atoms with Gasteiger partial charge in [-0.25, -0.2) is 4.79 Å². The zero-order valence-corrected chi connectivity index (χ0v) is 13.1. The summed E-state index contributed by atoms with van der Waals surface area (Å²) in [7, 11) is 0. The van der Waals surface area contributed by atoms with Crippen LogP contribution in [-0.4, -0.2) is 11.1 Å². The van der Waals surface area contributed by atoms with Gasteiger partial charge in [-0.15, -0.1) is 0 Å². The summed E-state index contributed by atoms with van der Waals surface area (Å²) in [5.74, 6) is -1.06. The average Bonchev–Trinajstić information content (AvgIpc) is 2.29. The van der Waals surface area contributed by atoms with Gasteiger partial charge in [0.1, 0.15) is 0 Å². The second kappa shape index (κ2) is 5.71. The first-order chi connectivity index (χ1) is 8.90. The molecule has 2 aromatic carbocycles. The smallest absolute Gasteiger partial charge is 0.336 e. The van der Waals surface area contributed by atoms with E-state index in [-0.39, 0.29) is 5.56 Å². The molecule has 6 heteroatoms. The second-order valence-corrected chi connectivity index (χ2v) is 5.91. The number of halogens is 4. The molecule has 0 heterocycles. The first kappa shape index (κ1) is 14.7. The molecule has 2 rings (SSSR count). The third kappa shape index (κ3) is 3.06. The van der Waals surface area contributed by atoms with E-state index in [2.05, 4.69) is 15.9 Å². The van der Waals surface area contributed by atoms with Gasteiger partial charge in [-0.1, -0.05) is 56.8 Å². The van der Waals surface area contributed by atoms with E-state index in [0.717, 1.165) is 0 Å². The van der Waals surface area contributed by atoms with Crippen LogP contribution >= 0.6 is 50.7 Å². The van der Waals surface area contributed by atoms with Crippen LogP contribution < -0.4 is 0 Å². The van der Waals surface area contributed by atoms with Gasteiger partial charge in [0.25, 0.3) is 0 Å². The summed E-state index contributed by atoms with van der Waals surface area (Å²) in [5, 5.41) is 10.3. The molecule has 98 valence electrons. The Labute approximate surface area is 133 Å². The monoisotopic (exact) mass is 378 g/mol. The Balaban J connectivity index is 2.76. The Bertz CT molecular complexity index is 648. The maximum atomic E-state index is 11.3. The summed E-state index contributed by atoms with van der Waals surface area (Å²) in [6, 6.07) is 7.92. The molecule has 0 fully saturated rings. The van der Waals surface area contributed by atoms with E-state index in [1.54, 1.807) is 12.1 Å². The van der Waals surface area contributed by atoms with Crippen molar-refractivity contribution < 1.29 is 9.90 Å². The van der Waals surface area contributed by atoms with Gasteiger partial charge < -0.3 is 5.11 Å². The fraction of sp³-hybridized carbons (Fsp3) is 0. The van der Waals surface area contributed by atoms with Gasteiger partial charge >= 0.3 is 5.97 Å². The van der Waals surface area contributed by atoms with Crippen molar-refractivity contribution in [1.29, 1.82) is 0 Å². The average molecular weight is 380 g/mol. The first-order valence-electron chi connectivity index (χ1n) is 5.08. The number of hydrogen-bond acceptors (Lipinski definition) is 1. The lowest BCUT2D eigenvalue weighted by Gasteiger charge is -2.11. The Morgan fingerprint density at radius 2 is 1.63 bits per heavy atom. The summed E-state index contributed by atoms with van der Waals surface area (Å²) < 4.78 is 0.662. The lowest BCUT2D eigenvalue weighted by atomic mass is 9.99. The molecule has 0 saturated carbocycles. The minimum Gasteiger partial charge on any atom is -0.478 e.